The van der Waals surface area contributed by atoms with Crippen molar-refractivity contribution in [3.8, 4) is 17.4 Å². The normalized spacial score (nSPS) is 22.4. The van der Waals surface area contributed by atoms with E-state index in [1.54, 1.807) is 17.6 Å². The molecule has 176 valence electrons. The van der Waals surface area contributed by atoms with Crippen LogP contribution in [0.5, 0.6) is 17.4 Å². The van der Waals surface area contributed by atoms with Crippen LogP contribution in [0.25, 0.3) is 0 Å². The molecule has 3 aliphatic heterocycles. The first kappa shape index (κ1) is 21.0. The first-order chi connectivity index (χ1) is 16.4. The lowest BCUT2D eigenvalue weighted by Crippen LogP contribution is -2.48. The Morgan fingerprint density at radius 3 is 2.65 bits per heavy atom. The second kappa shape index (κ2) is 7.75. The Kier molecular flexibility index (Phi) is 4.79. The van der Waals surface area contributed by atoms with Crippen molar-refractivity contribution < 1.29 is 18.3 Å². The number of aromatic nitrogens is 4. The molecule has 1 aromatic carbocycles. The van der Waals surface area contributed by atoms with Crippen LogP contribution >= 0.6 is 0 Å². The van der Waals surface area contributed by atoms with E-state index < -0.39 is 17.4 Å². The molecular weight excluding hydrogens is 444 g/mol. The molecule has 2 unspecified atom stereocenters. The van der Waals surface area contributed by atoms with E-state index >= 15 is 0 Å². The number of rotatable bonds is 5. The summed E-state index contributed by atoms with van der Waals surface area (Å²) in [4.78, 5) is 27.0. The van der Waals surface area contributed by atoms with Crippen molar-refractivity contribution in [3.63, 3.8) is 0 Å². The lowest BCUT2D eigenvalue weighted by molar-refractivity contribution is 0.289. The highest BCUT2D eigenvalue weighted by molar-refractivity contribution is 5.53. The van der Waals surface area contributed by atoms with Crippen LogP contribution in [0.2, 0.25) is 0 Å². The number of piperidine rings is 1. The number of hydrogen-bond acceptors (Lipinski definition) is 7. The van der Waals surface area contributed by atoms with E-state index in [0.29, 0.717) is 18.4 Å². The maximum absolute atomic E-state index is 14.6. The van der Waals surface area contributed by atoms with Crippen molar-refractivity contribution in [2.75, 3.05) is 4.90 Å². The fourth-order valence-electron chi connectivity index (χ4n) is 5.61. The largest absolute Gasteiger partial charge is 0.473 e. The van der Waals surface area contributed by atoms with Crippen LogP contribution in [0.4, 0.5) is 14.6 Å². The second-order valence-electron chi connectivity index (χ2n) is 9.25. The van der Waals surface area contributed by atoms with E-state index in [2.05, 4.69) is 19.9 Å². The molecule has 2 fully saturated rings. The maximum atomic E-state index is 14.6. The van der Waals surface area contributed by atoms with Crippen LogP contribution in [-0.2, 0) is 13.2 Å². The summed E-state index contributed by atoms with van der Waals surface area (Å²) in [6, 6.07) is 4.47. The summed E-state index contributed by atoms with van der Waals surface area (Å²) in [7, 11) is 0. The Balaban J connectivity index is 1.21. The number of hydrogen-bond donors (Lipinski definition) is 0. The highest BCUT2D eigenvalue weighted by Crippen LogP contribution is 2.51. The van der Waals surface area contributed by atoms with E-state index in [1.165, 1.54) is 18.8 Å². The number of fused-ring (bicyclic) bond motifs is 1. The minimum atomic E-state index is -0.881. The number of nitrogens with zero attached hydrogens (tertiary/aromatic N) is 5. The van der Waals surface area contributed by atoms with E-state index in [0.717, 1.165) is 43.6 Å². The van der Waals surface area contributed by atoms with E-state index in [-0.39, 0.29) is 35.0 Å². The molecule has 2 bridgehead atoms. The molecule has 6 rings (SSSR count). The molecule has 34 heavy (non-hydrogen) atoms. The molecule has 3 aliphatic rings. The van der Waals surface area contributed by atoms with Gasteiger partial charge in [-0.25, -0.2) is 23.5 Å². The van der Waals surface area contributed by atoms with Gasteiger partial charge in [-0.3, -0.25) is 4.57 Å². The van der Waals surface area contributed by atoms with Gasteiger partial charge in [-0.1, -0.05) is 0 Å². The van der Waals surface area contributed by atoms with Crippen LogP contribution in [0.15, 0.2) is 35.4 Å². The maximum Gasteiger partial charge on any atom is 0.352 e. The van der Waals surface area contributed by atoms with Crippen LogP contribution in [-0.4, -0.2) is 31.1 Å². The minimum absolute atomic E-state index is 0.0138. The van der Waals surface area contributed by atoms with Crippen LogP contribution in [0, 0.1) is 18.6 Å². The van der Waals surface area contributed by atoms with Gasteiger partial charge >= 0.3 is 5.69 Å². The highest BCUT2D eigenvalue weighted by atomic mass is 19.1. The number of ether oxygens (including phenoxy) is 2. The summed E-state index contributed by atoms with van der Waals surface area (Å²) >= 11 is 0. The van der Waals surface area contributed by atoms with Gasteiger partial charge in [0.2, 0.25) is 5.88 Å². The van der Waals surface area contributed by atoms with E-state index in [4.69, 9.17) is 9.47 Å². The zero-order valence-electron chi connectivity index (χ0n) is 18.6. The quantitative estimate of drug-likeness (QED) is 0.563. The molecule has 2 aromatic heterocycles. The van der Waals surface area contributed by atoms with Crippen molar-refractivity contribution in [2.45, 2.75) is 63.8 Å². The molecule has 3 aromatic rings. The van der Waals surface area contributed by atoms with Gasteiger partial charge in [-0.05, 0) is 56.7 Å². The zero-order chi connectivity index (χ0) is 23.4. The Hall–Kier alpha value is -3.56. The first-order valence-corrected chi connectivity index (χ1v) is 11.4. The fraction of sp³-hybridized carbons (Fsp3) is 0.417. The van der Waals surface area contributed by atoms with Gasteiger partial charge in [0.1, 0.15) is 18.2 Å². The van der Waals surface area contributed by atoms with Crippen LogP contribution in [0.1, 0.15) is 43.5 Å². The summed E-state index contributed by atoms with van der Waals surface area (Å²) in [6.45, 7) is 2.21. The Morgan fingerprint density at radius 1 is 1.12 bits per heavy atom. The molecule has 0 N–H and O–H groups in total. The van der Waals surface area contributed by atoms with Crippen molar-refractivity contribution in [2.24, 2.45) is 0 Å². The van der Waals surface area contributed by atoms with Gasteiger partial charge in [0.25, 0.3) is 0 Å². The van der Waals surface area contributed by atoms with Gasteiger partial charge in [0.15, 0.2) is 23.1 Å². The van der Waals surface area contributed by atoms with Crippen LogP contribution < -0.4 is 20.1 Å². The van der Waals surface area contributed by atoms with Gasteiger partial charge in [-0.15, -0.1) is 0 Å². The molecule has 10 heteroatoms. The average molecular weight is 467 g/mol. The number of benzene rings is 1. The van der Waals surface area contributed by atoms with Crippen molar-refractivity contribution >= 4 is 5.82 Å². The summed E-state index contributed by atoms with van der Waals surface area (Å²) in [5, 5.41) is 0. The van der Waals surface area contributed by atoms with Gasteiger partial charge in [-0.2, -0.15) is 4.98 Å². The third-order valence-electron chi connectivity index (χ3n) is 7.09. The lowest BCUT2D eigenvalue weighted by Gasteiger charge is -2.40. The molecule has 0 radical (unpaired) electrons. The Morgan fingerprint density at radius 2 is 1.88 bits per heavy atom. The minimum Gasteiger partial charge on any atom is -0.473 e. The van der Waals surface area contributed by atoms with Gasteiger partial charge in [0, 0.05) is 12.1 Å². The van der Waals surface area contributed by atoms with Gasteiger partial charge < -0.3 is 14.4 Å². The second-order valence-corrected chi connectivity index (χ2v) is 9.25. The average Bonchev–Trinajstić information content (AvgIpc) is 3.25. The summed E-state index contributed by atoms with van der Waals surface area (Å²) in [5.74, 6) is -0.685. The molecule has 0 saturated carbocycles. The molecule has 0 spiro atoms. The topological polar surface area (TPSA) is 82.4 Å². The fourth-order valence-corrected chi connectivity index (χ4v) is 5.61. The SMILES string of the molecule is Cc1ncc(Oc2c(F)cc(COc3cc4n(c(=O)n3)CC35CCCC(CC3)N45)cc2F)cn1. The standard InChI is InChI=1S/C24H23F2N5O3/c1-14-27-10-17(11-28-14)34-22-18(25)7-15(8-19(22)26)12-33-20-9-21-30(23(32)29-20)13-24-5-2-3-16(4-6-24)31(21)24/h7-11,16H,2-6,12-13H2,1H3. The predicted molar refractivity (Wildman–Crippen MR) is 118 cm³/mol. The van der Waals surface area contributed by atoms with Crippen molar-refractivity contribution in [1.82, 2.24) is 19.5 Å². The summed E-state index contributed by atoms with van der Waals surface area (Å²) in [5.41, 5.74) is -0.0947. The van der Waals surface area contributed by atoms with Gasteiger partial charge in [0.05, 0.1) is 24.5 Å². The smallest absolute Gasteiger partial charge is 0.352 e. The third-order valence-corrected chi connectivity index (χ3v) is 7.09. The van der Waals surface area contributed by atoms with Crippen molar-refractivity contribution in [3.05, 3.63) is 64.1 Å². The molecule has 2 saturated heterocycles. The highest BCUT2D eigenvalue weighted by Gasteiger charge is 2.53. The molecule has 0 aliphatic carbocycles. The number of aryl methyl sites for hydroxylation is 1. The number of halogens is 2. The van der Waals surface area contributed by atoms with Crippen molar-refractivity contribution in [1.29, 1.82) is 0 Å². The number of anilines is 1. The monoisotopic (exact) mass is 467 g/mol. The van der Waals surface area contributed by atoms with Crippen LogP contribution in [0.3, 0.4) is 0 Å². The third kappa shape index (κ3) is 3.39. The molecular formula is C24H23F2N5O3. The summed E-state index contributed by atoms with van der Waals surface area (Å²) < 4.78 is 41.9. The Bertz CT molecular complexity index is 1300. The van der Waals surface area contributed by atoms with E-state index in [9.17, 15) is 13.6 Å². The Labute approximate surface area is 194 Å². The molecule has 5 heterocycles. The molecule has 2 atom stereocenters. The summed E-state index contributed by atoms with van der Waals surface area (Å²) in [6.07, 6.45) is 8.27. The van der Waals surface area contributed by atoms with E-state index in [1.807, 2.05) is 0 Å². The lowest BCUT2D eigenvalue weighted by atomic mass is 9.89. The molecule has 0 amide bonds. The predicted octanol–water partition coefficient (Wildman–Crippen LogP) is 3.90. The first-order valence-electron chi connectivity index (χ1n) is 11.4. The zero-order valence-corrected chi connectivity index (χ0v) is 18.6. The molecule has 8 nitrogen and oxygen atoms in total.